The van der Waals surface area contributed by atoms with Gasteiger partial charge in [-0.3, -0.25) is 9.59 Å². The van der Waals surface area contributed by atoms with E-state index in [2.05, 4.69) is 15.7 Å². The van der Waals surface area contributed by atoms with Crippen LogP contribution in [0.25, 0.3) is 5.69 Å². The Kier molecular flexibility index (Phi) is 7.30. The van der Waals surface area contributed by atoms with Crippen LogP contribution in [-0.4, -0.2) is 34.2 Å². The van der Waals surface area contributed by atoms with Crippen LogP contribution in [0.1, 0.15) is 42.5 Å². The molecule has 1 unspecified atom stereocenters. The Labute approximate surface area is 188 Å². The molecule has 0 saturated heterocycles. The van der Waals surface area contributed by atoms with Crippen LogP contribution in [0.2, 0.25) is 0 Å². The topological polar surface area (TPSA) is 85.2 Å². The molecular formula is C25H30N4O3. The molecular weight excluding hydrogens is 404 g/mol. The third-order valence-corrected chi connectivity index (χ3v) is 5.03. The fourth-order valence-corrected chi connectivity index (χ4v) is 3.45. The van der Waals surface area contributed by atoms with E-state index in [4.69, 9.17) is 4.74 Å². The zero-order valence-corrected chi connectivity index (χ0v) is 19.2. The average molecular weight is 435 g/mol. The number of benzene rings is 2. The van der Waals surface area contributed by atoms with E-state index >= 15 is 0 Å². The van der Waals surface area contributed by atoms with E-state index in [9.17, 15) is 9.59 Å². The van der Waals surface area contributed by atoms with Crippen molar-refractivity contribution in [3.63, 3.8) is 0 Å². The van der Waals surface area contributed by atoms with E-state index < -0.39 is 6.04 Å². The molecule has 0 aliphatic heterocycles. The summed E-state index contributed by atoms with van der Waals surface area (Å²) in [6.45, 7) is 10.2. The van der Waals surface area contributed by atoms with E-state index in [1.54, 1.807) is 24.3 Å². The summed E-state index contributed by atoms with van der Waals surface area (Å²) in [6, 6.07) is 15.7. The van der Waals surface area contributed by atoms with Gasteiger partial charge in [0.2, 0.25) is 5.91 Å². The molecule has 168 valence electrons. The van der Waals surface area contributed by atoms with Crippen LogP contribution in [0.4, 0.5) is 5.69 Å². The summed E-state index contributed by atoms with van der Waals surface area (Å²) >= 11 is 0. The van der Waals surface area contributed by atoms with Gasteiger partial charge >= 0.3 is 0 Å². The van der Waals surface area contributed by atoms with E-state index in [0.717, 1.165) is 17.1 Å². The number of carbonyl (C=O) groups excluding carboxylic acids is 2. The molecule has 2 aromatic carbocycles. The summed E-state index contributed by atoms with van der Waals surface area (Å²) in [5, 5.41) is 10.3. The number of rotatable bonds is 8. The number of aryl methyl sites for hydroxylation is 2. The van der Waals surface area contributed by atoms with Gasteiger partial charge in [0.15, 0.2) is 0 Å². The number of ether oxygens (including phenoxy) is 1. The van der Waals surface area contributed by atoms with Gasteiger partial charge in [-0.2, -0.15) is 5.10 Å². The lowest BCUT2D eigenvalue weighted by Crippen LogP contribution is -2.47. The highest BCUT2D eigenvalue weighted by molar-refractivity contribution is 6.01. The summed E-state index contributed by atoms with van der Waals surface area (Å²) < 4.78 is 7.24. The predicted molar refractivity (Wildman–Crippen MR) is 125 cm³/mol. The number of amides is 2. The molecule has 1 aromatic heterocycles. The Balaban J connectivity index is 1.72. The van der Waals surface area contributed by atoms with E-state index in [1.807, 2.05) is 69.6 Å². The van der Waals surface area contributed by atoms with Crippen LogP contribution in [0.3, 0.4) is 0 Å². The number of nitrogens with zero attached hydrogens (tertiary/aromatic N) is 2. The minimum absolute atomic E-state index is 0.0964. The summed E-state index contributed by atoms with van der Waals surface area (Å²) in [4.78, 5) is 25.7. The third-order valence-electron chi connectivity index (χ3n) is 5.03. The van der Waals surface area contributed by atoms with Crippen molar-refractivity contribution in [3.05, 3.63) is 71.5 Å². The monoisotopic (exact) mass is 434 g/mol. The quantitative estimate of drug-likeness (QED) is 0.554. The zero-order chi connectivity index (χ0) is 23.3. The van der Waals surface area contributed by atoms with Crippen LogP contribution in [0.15, 0.2) is 54.6 Å². The van der Waals surface area contributed by atoms with E-state index in [1.165, 1.54) is 0 Å². The summed E-state index contributed by atoms with van der Waals surface area (Å²) in [7, 11) is 0. The molecule has 1 heterocycles. The summed E-state index contributed by atoms with van der Waals surface area (Å²) in [6.07, 6.45) is 0. The van der Waals surface area contributed by atoms with Crippen molar-refractivity contribution >= 4 is 17.5 Å². The lowest BCUT2D eigenvalue weighted by atomic mass is 10.0. The molecule has 32 heavy (non-hydrogen) atoms. The standard InChI is InChI=1S/C25H30N4O3/c1-6-32-22-12-10-19(11-13-22)24(30)27-23(16(2)3)25(31)26-20-8-7-9-21(15-20)29-18(5)14-17(4)28-29/h7-16,23H,6H2,1-5H3,(H,26,31)(H,27,30). The molecule has 3 rings (SSSR count). The predicted octanol–water partition coefficient (Wildman–Crippen LogP) is 4.28. The van der Waals surface area contributed by atoms with Gasteiger partial charge in [-0.25, -0.2) is 4.68 Å². The molecule has 0 radical (unpaired) electrons. The Bertz CT molecular complexity index is 1090. The maximum atomic E-state index is 13.0. The van der Waals surface area contributed by atoms with Crippen molar-refractivity contribution in [2.45, 2.75) is 40.7 Å². The second-order valence-electron chi connectivity index (χ2n) is 8.03. The highest BCUT2D eigenvalue weighted by atomic mass is 16.5. The van der Waals surface area contributed by atoms with Crippen LogP contribution in [0, 0.1) is 19.8 Å². The highest BCUT2D eigenvalue weighted by Crippen LogP contribution is 2.18. The van der Waals surface area contributed by atoms with Crippen LogP contribution in [-0.2, 0) is 4.79 Å². The smallest absolute Gasteiger partial charge is 0.251 e. The molecule has 0 aliphatic carbocycles. The number of hydrogen-bond acceptors (Lipinski definition) is 4. The summed E-state index contributed by atoms with van der Waals surface area (Å²) in [5.41, 5.74) is 3.90. The lowest BCUT2D eigenvalue weighted by molar-refractivity contribution is -0.118. The number of aromatic nitrogens is 2. The van der Waals surface area contributed by atoms with Gasteiger partial charge in [-0.05, 0) is 75.2 Å². The molecule has 2 amide bonds. The summed E-state index contributed by atoms with van der Waals surface area (Å²) in [5.74, 6) is 0.0219. The van der Waals surface area contributed by atoms with E-state index in [0.29, 0.717) is 23.6 Å². The Morgan fingerprint density at radius 2 is 1.78 bits per heavy atom. The fourth-order valence-electron chi connectivity index (χ4n) is 3.45. The maximum Gasteiger partial charge on any atom is 0.251 e. The molecule has 0 bridgehead atoms. The average Bonchev–Trinajstić information content (AvgIpc) is 3.10. The van der Waals surface area contributed by atoms with Gasteiger partial charge in [0, 0.05) is 16.9 Å². The van der Waals surface area contributed by atoms with Crippen LogP contribution in [0.5, 0.6) is 5.75 Å². The molecule has 2 N–H and O–H groups in total. The molecule has 0 saturated carbocycles. The molecule has 0 aliphatic rings. The first-order chi connectivity index (χ1) is 15.3. The van der Waals surface area contributed by atoms with Gasteiger partial charge < -0.3 is 15.4 Å². The normalized spacial score (nSPS) is 11.8. The van der Waals surface area contributed by atoms with Gasteiger partial charge in [0.25, 0.3) is 5.91 Å². The first kappa shape index (κ1) is 23.1. The van der Waals surface area contributed by atoms with Crippen molar-refractivity contribution in [1.82, 2.24) is 15.1 Å². The largest absolute Gasteiger partial charge is 0.494 e. The van der Waals surface area contributed by atoms with Crippen LogP contribution >= 0.6 is 0 Å². The van der Waals surface area contributed by atoms with Gasteiger partial charge in [0.1, 0.15) is 11.8 Å². The van der Waals surface area contributed by atoms with Gasteiger partial charge in [-0.1, -0.05) is 19.9 Å². The number of nitrogens with one attached hydrogen (secondary N) is 2. The molecule has 0 spiro atoms. The minimum Gasteiger partial charge on any atom is -0.494 e. The van der Waals surface area contributed by atoms with Crippen molar-refractivity contribution in [2.75, 3.05) is 11.9 Å². The number of carbonyl (C=O) groups is 2. The second kappa shape index (κ2) is 10.1. The third kappa shape index (κ3) is 5.55. The maximum absolute atomic E-state index is 13.0. The fraction of sp³-hybridized carbons (Fsp3) is 0.320. The number of hydrogen-bond donors (Lipinski definition) is 2. The van der Waals surface area contributed by atoms with Crippen molar-refractivity contribution < 1.29 is 14.3 Å². The van der Waals surface area contributed by atoms with Gasteiger partial charge in [-0.15, -0.1) is 0 Å². The Morgan fingerprint density at radius 3 is 2.38 bits per heavy atom. The Hall–Kier alpha value is -3.61. The van der Waals surface area contributed by atoms with Crippen molar-refractivity contribution in [1.29, 1.82) is 0 Å². The molecule has 7 heteroatoms. The zero-order valence-electron chi connectivity index (χ0n) is 19.2. The molecule has 7 nitrogen and oxygen atoms in total. The van der Waals surface area contributed by atoms with Crippen molar-refractivity contribution in [2.24, 2.45) is 5.92 Å². The molecule has 0 fully saturated rings. The second-order valence-corrected chi connectivity index (χ2v) is 8.03. The van der Waals surface area contributed by atoms with E-state index in [-0.39, 0.29) is 17.7 Å². The highest BCUT2D eigenvalue weighted by Gasteiger charge is 2.25. The SMILES string of the molecule is CCOc1ccc(C(=O)NC(C(=O)Nc2cccc(-n3nc(C)cc3C)c2)C(C)C)cc1. The minimum atomic E-state index is -0.689. The lowest BCUT2D eigenvalue weighted by Gasteiger charge is -2.22. The first-order valence-corrected chi connectivity index (χ1v) is 10.8. The van der Waals surface area contributed by atoms with Gasteiger partial charge in [0.05, 0.1) is 18.0 Å². The number of anilines is 1. The first-order valence-electron chi connectivity index (χ1n) is 10.8. The molecule has 3 aromatic rings. The Morgan fingerprint density at radius 1 is 1.06 bits per heavy atom. The van der Waals surface area contributed by atoms with Crippen LogP contribution < -0.4 is 15.4 Å². The molecule has 1 atom stereocenters. The van der Waals surface area contributed by atoms with Crippen molar-refractivity contribution in [3.8, 4) is 11.4 Å².